The Morgan fingerprint density at radius 3 is 2.70 bits per heavy atom. The lowest BCUT2D eigenvalue weighted by Gasteiger charge is -2.20. The average Bonchev–Trinajstić information content (AvgIpc) is 2.66. The highest BCUT2D eigenvalue weighted by Gasteiger charge is 2.36. The molecule has 3 N–H and O–H groups in total. The molecule has 0 spiro atoms. The second kappa shape index (κ2) is 5.80. The Hall–Kier alpha value is -1.60. The third-order valence-electron chi connectivity index (χ3n) is 3.52. The van der Waals surface area contributed by atoms with Gasteiger partial charge in [-0.2, -0.15) is 0 Å². The summed E-state index contributed by atoms with van der Waals surface area (Å²) in [4.78, 5) is 10.8. The van der Waals surface area contributed by atoms with E-state index in [9.17, 15) is 13.2 Å². The summed E-state index contributed by atoms with van der Waals surface area (Å²) in [6.45, 7) is -0.423. The summed E-state index contributed by atoms with van der Waals surface area (Å²) in [5, 5.41) is 20.1. The van der Waals surface area contributed by atoms with Gasteiger partial charge in [-0.1, -0.05) is 24.3 Å². The summed E-state index contributed by atoms with van der Waals surface area (Å²) in [5.41, 5.74) is 1.84. The van der Waals surface area contributed by atoms with Crippen LogP contribution in [0.5, 0.6) is 0 Å². The minimum absolute atomic E-state index is 0.157. The number of carbonyl (C=O) groups is 1. The van der Waals surface area contributed by atoms with Gasteiger partial charge in [0, 0.05) is 12.0 Å². The van der Waals surface area contributed by atoms with Crippen LogP contribution in [0.25, 0.3) is 0 Å². The normalized spacial score (nSPS) is 21.4. The number of hydrogen-bond donors (Lipinski definition) is 3. The van der Waals surface area contributed by atoms with E-state index in [1.165, 1.54) is 0 Å². The van der Waals surface area contributed by atoms with Gasteiger partial charge in [0.25, 0.3) is 0 Å². The van der Waals surface area contributed by atoms with Crippen molar-refractivity contribution in [3.8, 4) is 0 Å². The van der Waals surface area contributed by atoms with Crippen LogP contribution in [-0.4, -0.2) is 48.9 Å². The van der Waals surface area contributed by atoms with E-state index in [2.05, 4.69) is 5.32 Å². The van der Waals surface area contributed by atoms with Crippen LogP contribution in [0, 0.1) is 0 Å². The molecule has 110 valence electrons. The van der Waals surface area contributed by atoms with E-state index >= 15 is 0 Å². The Morgan fingerprint density at radius 2 is 2.05 bits per heavy atom. The van der Waals surface area contributed by atoms with Crippen molar-refractivity contribution in [1.82, 2.24) is 5.32 Å². The predicted octanol–water partition coefficient (Wildman–Crippen LogP) is 0.370. The Labute approximate surface area is 117 Å². The molecule has 20 heavy (non-hydrogen) atoms. The highest BCUT2D eigenvalue weighted by molar-refractivity contribution is 7.91. The molecule has 2 atom stereocenters. The van der Waals surface area contributed by atoms with E-state index in [1.807, 2.05) is 24.3 Å². The quantitative estimate of drug-likeness (QED) is 0.729. The highest BCUT2D eigenvalue weighted by atomic mass is 32.2. The maximum Gasteiger partial charge on any atom is 0.404 e. The molecule has 0 heterocycles. The smallest absolute Gasteiger partial charge is 0.404 e. The predicted molar refractivity (Wildman–Crippen MR) is 73.6 cm³/mol. The average molecular weight is 299 g/mol. The lowest BCUT2D eigenvalue weighted by atomic mass is 10.0. The number of fused-ring (bicyclic) bond motifs is 1. The fourth-order valence-corrected chi connectivity index (χ4v) is 4.09. The molecule has 2 rings (SSSR count). The summed E-state index contributed by atoms with van der Waals surface area (Å²) in [6, 6.07) is 6.93. The molecule has 0 saturated carbocycles. The van der Waals surface area contributed by atoms with Crippen molar-refractivity contribution in [3.63, 3.8) is 0 Å². The fourth-order valence-electron chi connectivity index (χ4n) is 2.69. The molecule has 1 aromatic carbocycles. The number of carboxylic acid groups (broad SMARTS) is 1. The van der Waals surface area contributed by atoms with Gasteiger partial charge in [-0.05, 0) is 17.5 Å². The summed E-state index contributed by atoms with van der Waals surface area (Å²) >= 11 is 0. The molecule has 7 heteroatoms. The number of amides is 1. The van der Waals surface area contributed by atoms with Gasteiger partial charge >= 0.3 is 6.09 Å². The second-order valence-corrected chi connectivity index (χ2v) is 7.13. The first-order chi connectivity index (χ1) is 9.43. The van der Waals surface area contributed by atoms with Gasteiger partial charge in [-0.3, -0.25) is 0 Å². The first-order valence-electron chi connectivity index (χ1n) is 6.31. The zero-order chi connectivity index (χ0) is 14.8. The van der Waals surface area contributed by atoms with Crippen molar-refractivity contribution in [2.24, 2.45) is 0 Å². The molecule has 0 radical (unpaired) electrons. The van der Waals surface area contributed by atoms with Crippen molar-refractivity contribution in [2.45, 2.75) is 18.4 Å². The van der Waals surface area contributed by atoms with Gasteiger partial charge in [-0.25, -0.2) is 13.2 Å². The van der Waals surface area contributed by atoms with Gasteiger partial charge in [0.15, 0.2) is 9.84 Å². The van der Waals surface area contributed by atoms with Gasteiger partial charge < -0.3 is 15.5 Å². The van der Waals surface area contributed by atoms with E-state index in [0.29, 0.717) is 6.42 Å². The molecular formula is C13H17NO5S. The number of aliphatic hydroxyl groups is 1. The Bertz CT molecular complexity index is 599. The van der Waals surface area contributed by atoms with Crippen molar-refractivity contribution in [2.75, 3.05) is 18.1 Å². The molecule has 6 nitrogen and oxygen atoms in total. The minimum Gasteiger partial charge on any atom is -0.465 e. The van der Waals surface area contributed by atoms with E-state index in [1.54, 1.807) is 0 Å². The van der Waals surface area contributed by atoms with Gasteiger partial charge in [0.2, 0.25) is 0 Å². The van der Waals surface area contributed by atoms with E-state index < -0.39 is 34.5 Å². The van der Waals surface area contributed by atoms with Gasteiger partial charge in [0.05, 0.1) is 18.1 Å². The third-order valence-corrected chi connectivity index (χ3v) is 5.20. The first-order valence-corrected chi connectivity index (χ1v) is 8.13. The Balaban J connectivity index is 2.27. The van der Waals surface area contributed by atoms with Crippen molar-refractivity contribution < 1.29 is 23.4 Å². The fraction of sp³-hybridized carbons (Fsp3) is 0.462. The number of rotatable bonds is 5. The molecule has 0 fully saturated rings. The molecule has 0 unspecified atom stereocenters. The lowest BCUT2D eigenvalue weighted by Crippen LogP contribution is -2.39. The van der Waals surface area contributed by atoms with Crippen LogP contribution in [0.15, 0.2) is 24.3 Å². The van der Waals surface area contributed by atoms with E-state index in [0.717, 1.165) is 11.1 Å². The zero-order valence-electron chi connectivity index (χ0n) is 10.8. The number of aliphatic hydroxyl groups excluding tert-OH is 1. The summed E-state index contributed by atoms with van der Waals surface area (Å²) in [7, 11) is -3.41. The van der Waals surface area contributed by atoms with Gasteiger partial charge in [-0.15, -0.1) is 0 Å². The molecule has 1 aliphatic rings. The lowest BCUT2D eigenvalue weighted by molar-refractivity contribution is 0.189. The van der Waals surface area contributed by atoms with Crippen LogP contribution in [-0.2, 0) is 16.3 Å². The Kier molecular flexibility index (Phi) is 4.29. The number of nitrogens with one attached hydrogen (secondary N) is 1. The first kappa shape index (κ1) is 14.8. The number of sulfone groups is 1. The molecule has 1 amide bonds. The molecule has 1 aromatic rings. The molecule has 0 aromatic heterocycles. The standard InChI is InChI=1S/C13H17NO5S/c15-5-6-20(18,19)8-11-10-4-2-1-3-9(10)7-12(11)14-13(16)17/h1-4,11-12,14-15H,5-8H2,(H,16,17)/t11-,12+/m0/s1. The summed E-state index contributed by atoms with van der Waals surface area (Å²) in [5.74, 6) is -0.861. The van der Waals surface area contributed by atoms with Crippen LogP contribution in [0.1, 0.15) is 17.0 Å². The van der Waals surface area contributed by atoms with Gasteiger partial charge in [0.1, 0.15) is 0 Å². The third kappa shape index (κ3) is 3.29. The topological polar surface area (TPSA) is 104 Å². The zero-order valence-corrected chi connectivity index (χ0v) is 11.6. The largest absolute Gasteiger partial charge is 0.465 e. The molecular weight excluding hydrogens is 282 g/mol. The number of benzene rings is 1. The Morgan fingerprint density at radius 1 is 1.35 bits per heavy atom. The maximum absolute atomic E-state index is 11.9. The second-order valence-electron chi connectivity index (χ2n) is 4.90. The van der Waals surface area contributed by atoms with Crippen molar-refractivity contribution in [3.05, 3.63) is 35.4 Å². The summed E-state index contributed by atoms with van der Waals surface area (Å²) in [6.07, 6.45) is -0.672. The van der Waals surface area contributed by atoms with Crippen molar-refractivity contribution >= 4 is 15.9 Å². The van der Waals surface area contributed by atoms with Crippen LogP contribution in [0.3, 0.4) is 0 Å². The highest BCUT2D eigenvalue weighted by Crippen LogP contribution is 2.34. The molecule has 0 aliphatic heterocycles. The summed E-state index contributed by atoms with van der Waals surface area (Å²) < 4.78 is 23.8. The van der Waals surface area contributed by atoms with Crippen LogP contribution in [0.2, 0.25) is 0 Å². The van der Waals surface area contributed by atoms with Crippen LogP contribution >= 0.6 is 0 Å². The van der Waals surface area contributed by atoms with Crippen molar-refractivity contribution in [1.29, 1.82) is 0 Å². The van der Waals surface area contributed by atoms with E-state index in [4.69, 9.17) is 10.2 Å². The molecule has 0 saturated heterocycles. The number of hydrogen-bond acceptors (Lipinski definition) is 4. The molecule has 1 aliphatic carbocycles. The van der Waals surface area contributed by atoms with E-state index in [-0.39, 0.29) is 11.5 Å². The monoisotopic (exact) mass is 299 g/mol. The minimum atomic E-state index is -3.41. The molecule has 0 bridgehead atoms. The maximum atomic E-state index is 11.9. The SMILES string of the molecule is O=C(O)N[C@@H]1Cc2ccccc2[C@@H]1CS(=O)(=O)CCO. The van der Waals surface area contributed by atoms with Crippen LogP contribution in [0.4, 0.5) is 4.79 Å². The van der Waals surface area contributed by atoms with Crippen LogP contribution < -0.4 is 5.32 Å².